The molecule has 100 valence electrons. The first-order valence-corrected chi connectivity index (χ1v) is 6.37. The predicted molar refractivity (Wildman–Crippen MR) is 66.6 cm³/mol. The van der Waals surface area contributed by atoms with Gasteiger partial charge in [-0.2, -0.15) is 0 Å². The number of hydrogen-bond acceptors (Lipinski definition) is 5. The lowest BCUT2D eigenvalue weighted by Crippen LogP contribution is -2.43. The number of rotatable bonds is 5. The van der Waals surface area contributed by atoms with Gasteiger partial charge in [-0.1, -0.05) is 0 Å². The summed E-state index contributed by atoms with van der Waals surface area (Å²) in [5.74, 6) is 0.183. The lowest BCUT2D eigenvalue weighted by molar-refractivity contribution is -0.126. The quantitative estimate of drug-likeness (QED) is 0.768. The summed E-state index contributed by atoms with van der Waals surface area (Å²) in [5.41, 5.74) is 6.30. The third kappa shape index (κ3) is 3.54. The second-order valence-corrected chi connectivity index (χ2v) is 4.63. The maximum Gasteiger partial charge on any atom is 0.224 e. The summed E-state index contributed by atoms with van der Waals surface area (Å²) in [5, 5.41) is 2.86. The first-order valence-electron chi connectivity index (χ1n) is 6.37. The molecule has 1 fully saturated rings. The number of piperidine rings is 1. The van der Waals surface area contributed by atoms with Crippen LogP contribution in [0.3, 0.4) is 0 Å². The molecular formula is C12H20N4O2. The summed E-state index contributed by atoms with van der Waals surface area (Å²) in [4.78, 5) is 18.2. The van der Waals surface area contributed by atoms with Crippen molar-refractivity contribution in [3.8, 4) is 0 Å². The molecule has 0 bridgehead atoms. The average Bonchev–Trinajstić information content (AvgIpc) is 2.89. The van der Waals surface area contributed by atoms with Gasteiger partial charge in [0.1, 0.15) is 6.26 Å². The molecule has 0 saturated carbocycles. The molecule has 3 N–H and O–H groups in total. The van der Waals surface area contributed by atoms with Crippen LogP contribution >= 0.6 is 0 Å². The summed E-state index contributed by atoms with van der Waals surface area (Å²) in [6.07, 6.45) is 5.08. The number of oxazole rings is 1. The number of amides is 1. The molecular weight excluding hydrogens is 232 g/mol. The van der Waals surface area contributed by atoms with Gasteiger partial charge in [0.05, 0.1) is 11.6 Å². The molecule has 6 nitrogen and oxygen atoms in total. The van der Waals surface area contributed by atoms with E-state index in [0.717, 1.165) is 38.2 Å². The first kappa shape index (κ1) is 13.0. The third-order valence-electron chi connectivity index (χ3n) is 3.19. The summed E-state index contributed by atoms with van der Waals surface area (Å²) < 4.78 is 4.95. The van der Waals surface area contributed by atoms with Gasteiger partial charge in [-0.3, -0.25) is 9.69 Å². The van der Waals surface area contributed by atoms with Gasteiger partial charge >= 0.3 is 0 Å². The summed E-state index contributed by atoms with van der Waals surface area (Å²) >= 11 is 0. The van der Waals surface area contributed by atoms with Crippen LogP contribution in [0.2, 0.25) is 0 Å². The van der Waals surface area contributed by atoms with E-state index in [2.05, 4.69) is 15.2 Å². The second-order valence-electron chi connectivity index (χ2n) is 4.63. The lowest BCUT2D eigenvalue weighted by Gasteiger charge is -2.31. The highest BCUT2D eigenvalue weighted by Crippen LogP contribution is 2.18. The van der Waals surface area contributed by atoms with Crippen LogP contribution in [-0.2, 0) is 11.3 Å². The molecule has 2 rings (SSSR count). The van der Waals surface area contributed by atoms with E-state index >= 15 is 0 Å². The van der Waals surface area contributed by atoms with E-state index in [4.69, 9.17) is 10.2 Å². The fraction of sp³-hybridized carbons (Fsp3) is 0.667. The smallest absolute Gasteiger partial charge is 0.224 e. The molecule has 1 aromatic rings. The van der Waals surface area contributed by atoms with Gasteiger partial charge < -0.3 is 15.5 Å². The highest BCUT2D eigenvalue weighted by Gasteiger charge is 2.25. The van der Waals surface area contributed by atoms with Gasteiger partial charge in [0.15, 0.2) is 6.39 Å². The Morgan fingerprint density at radius 1 is 1.67 bits per heavy atom. The zero-order valence-electron chi connectivity index (χ0n) is 10.5. The van der Waals surface area contributed by atoms with Crippen molar-refractivity contribution in [3.63, 3.8) is 0 Å². The third-order valence-corrected chi connectivity index (χ3v) is 3.19. The van der Waals surface area contributed by atoms with Gasteiger partial charge in [0.2, 0.25) is 5.91 Å². The molecule has 1 amide bonds. The van der Waals surface area contributed by atoms with Crippen LogP contribution < -0.4 is 11.1 Å². The van der Waals surface area contributed by atoms with E-state index in [1.54, 1.807) is 6.26 Å². The average molecular weight is 252 g/mol. The fourth-order valence-corrected chi connectivity index (χ4v) is 2.30. The molecule has 1 saturated heterocycles. The number of nitrogens with two attached hydrogens (primary N) is 1. The first-order chi connectivity index (χ1) is 8.79. The second kappa shape index (κ2) is 6.51. The minimum atomic E-state index is 0.0669. The van der Waals surface area contributed by atoms with Crippen LogP contribution in [0.25, 0.3) is 0 Å². The van der Waals surface area contributed by atoms with Crippen molar-refractivity contribution in [3.05, 3.63) is 18.4 Å². The van der Waals surface area contributed by atoms with Gasteiger partial charge in [-0.25, -0.2) is 4.98 Å². The Kier molecular flexibility index (Phi) is 4.72. The van der Waals surface area contributed by atoms with E-state index in [1.807, 2.05) is 0 Å². The number of carbonyl (C=O) groups is 1. The standard InChI is InChI=1S/C12H20N4O2/c13-3-4-14-12(17)10-2-1-5-16(6-10)7-11-8-18-9-15-11/h8-10H,1-7,13H2,(H,14,17). The Balaban J connectivity index is 1.82. The molecule has 1 aromatic heterocycles. The molecule has 1 atom stereocenters. The van der Waals surface area contributed by atoms with E-state index in [-0.39, 0.29) is 11.8 Å². The Hall–Kier alpha value is -1.40. The molecule has 1 unspecified atom stereocenters. The highest BCUT2D eigenvalue weighted by atomic mass is 16.3. The summed E-state index contributed by atoms with van der Waals surface area (Å²) in [6, 6.07) is 0. The van der Waals surface area contributed by atoms with Gasteiger partial charge in [0, 0.05) is 26.2 Å². The molecule has 0 aromatic carbocycles. The Labute approximate surface area is 107 Å². The maximum absolute atomic E-state index is 11.9. The van der Waals surface area contributed by atoms with Crippen molar-refractivity contribution >= 4 is 5.91 Å². The molecule has 1 aliphatic rings. The molecule has 1 aliphatic heterocycles. The van der Waals surface area contributed by atoms with Crippen LogP contribution in [0.5, 0.6) is 0 Å². The number of hydrogen-bond donors (Lipinski definition) is 2. The Morgan fingerprint density at radius 3 is 3.28 bits per heavy atom. The fourth-order valence-electron chi connectivity index (χ4n) is 2.30. The molecule has 18 heavy (non-hydrogen) atoms. The van der Waals surface area contributed by atoms with Crippen molar-refractivity contribution in [2.75, 3.05) is 26.2 Å². The topological polar surface area (TPSA) is 84.4 Å². The zero-order chi connectivity index (χ0) is 12.8. The van der Waals surface area contributed by atoms with E-state index in [1.165, 1.54) is 6.39 Å². The number of nitrogens with one attached hydrogen (secondary N) is 1. The SMILES string of the molecule is NCCNC(=O)C1CCCN(Cc2cocn2)C1. The van der Waals surface area contributed by atoms with Crippen molar-refractivity contribution in [1.82, 2.24) is 15.2 Å². The van der Waals surface area contributed by atoms with Gasteiger partial charge in [-0.05, 0) is 19.4 Å². The number of nitrogens with zero attached hydrogens (tertiary/aromatic N) is 2. The van der Waals surface area contributed by atoms with Crippen molar-refractivity contribution in [2.45, 2.75) is 19.4 Å². The van der Waals surface area contributed by atoms with Crippen molar-refractivity contribution < 1.29 is 9.21 Å². The van der Waals surface area contributed by atoms with E-state index in [9.17, 15) is 4.79 Å². The normalized spacial score (nSPS) is 20.8. The maximum atomic E-state index is 11.9. The molecule has 0 aliphatic carbocycles. The number of aromatic nitrogens is 1. The van der Waals surface area contributed by atoms with Gasteiger partial charge in [0.25, 0.3) is 0 Å². The monoisotopic (exact) mass is 252 g/mol. The lowest BCUT2D eigenvalue weighted by atomic mass is 9.97. The molecule has 0 spiro atoms. The Morgan fingerprint density at radius 2 is 2.56 bits per heavy atom. The highest BCUT2D eigenvalue weighted by molar-refractivity contribution is 5.78. The summed E-state index contributed by atoms with van der Waals surface area (Å²) in [7, 11) is 0. The zero-order valence-corrected chi connectivity index (χ0v) is 10.5. The molecule has 6 heteroatoms. The molecule has 0 radical (unpaired) electrons. The minimum Gasteiger partial charge on any atom is -0.451 e. The number of carbonyl (C=O) groups excluding carboxylic acids is 1. The minimum absolute atomic E-state index is 0.0669. The van der Waals surface area contributed by atoms with Crippen molar-refractivity contribution in [2.24, 2.45) is 11.7 Å². The van der Waals surface area contributed by atoms with Crippen LogP contribution in [0.1, 0.15) is 18.5 Å². The van der Waals surface area contributed by atoms with Gasteiger partial charge in [-0.15, -0.1) is 0 Å². The van der Waals surface area contributed by atoms with Crippen LogP contribution in [0.15, 0.2) is 17.1 Å². The van der Waals surface area contributed by atoms with E-state index < -0.39 is 0 Å². The summed E-state index contributed by atoms with van der Waals surface area (Å²) in [6.45, 7) is 3.58. The van der Waals surface area contributed by atoms with Crippen LogP contribution in [0.4, 0.5) is 0 Å². The van der Waals surface area contributed by atoms with E-state index in [0.29, 0.717) is 13.1 Å². The Bertz CT molecular complexity index is 366. The van der Waals surface area contributed by atoms with Crippen LogP contribution in [0, 0.1) is 5.92 Å². The predicted octanol–water partition coefficient (Wildman–Crippen LogP) is -0.0385. The molecule has 2 heterocycles. The van der Waals surface area contributed by atoms with Crippen LogP contribution in [-0.4, -0.2) is 42.0 Å². The van der Waals surface area contributed by atoms with Crippen molar-refractivity contribution in [1.29, 1.82) is 0 Å². The number of likely N-dealkylation sites (tertiary alicyclic amines) is 1. The largest absolute Gasteiger partial charge is 0.451 e.